The monoisotopic (exact) mass is 401 g/mol. The lowest BCUT2D eigenvalue weighted by Gasteiger charge is -2.23. The summed E-state index contributed by atoms with van der Waals surface area (Å²) in [7, 11) is 1.65. The number of amides is 1. The standard InChI is InChI=1S/C22H27NO4S/c1-15(2)22(16-5-7-17(25-3)8-6-16)23-21(24)14-28-18-9-10-19-20(13-18)27-12-4-11-26-19/h5-10,13,15,22H,4,11-12,14H2,1-3H3,(H,23,24). The molecule has 0 saturated carbocycles. The van der Waals surface area contributed by atoms with Crippen LogP contribution in [-0.4, -0.2) is 32.0 Å². The molecule has 28 heavy (non-hydrogen) atoms. The van der Waals surface area contributed by atoms with Crippen LogP contribution in [0.1, 0.15) is 31.9 Å². The topological polar surface area (TPSA) is 56.8 Å². The molecule has 1 heterocycles. The van der Waals surface area contributed by atoms with E-state index < -0.39 is 0 Å². The minimum Gasteiger partial charge on any atom is -0.497 e. The SMILES string of the molecule is COc1ccc(C(NC(=O)CSc2ccc3c(c2)OCCCO3)C(C)C)cc1. The number of rotatable bonds is 7. The van der Waals surface area contributed by atoms with Crippen LogP contribution in [-0.2, 0) is 4.79 Å². The number of carbonyl (C=O) groups excluding carboxylic acids is 1. The second kappa shape index (κ2) is 9.73. The number of hydrogen-bond acceptors (Lipinski definition) is 5. The van der Waals surface area contributed by atoms with Crippen molar-refractivity contribution < 1.29 is 19.0 Å². The lowest BCUT2D eigenvalue weighted by molar-refractivity contribution is -0.119. The summed E-state index contributed by atoms with van der Waals surface area (Å²) in [6, 6.07) is 13.6. The van der Waals surface area contributed by atoms with Gasteiger partial charge < -0.3 is 19.5 Å². The molecule has 1 atom stereocenters. The van der Waals surface area contributed by atoms with E-state index >= 15 is 0 Å². The van der Waals surface area contributed by atoms with Gasteiger partial charge in [-0.25, -0.2) is 0 Å². The summed E-state index contributed by atoms with van der Waals surface area (Å²) in [5.74, 6) is 2.96. The Hall–Kier alpha value is -2.34. The number of nitrogens with one attached hydrogen (secondary N) is 1. The van der Waals surface area contributed by atoms with Gasteiger partial charge in [0.15, 0.2) is 11.5 Å². The van der Waals surface area contributed by atoms with Crippen LogP contribution in [0.3, 0.4) is 0 Å². The second-order valence-corrected chi connectivity index (χ2v) is 8.06. The van der Waals surface area contributed by atoms with Crippen LogP contribution >= 0.6 is 11.8 Å². The number of carbonyl (C=O) groups is 1. The molecule has 0 fully saturated rings. The third-order valence-corrected chi connectivity index (χ3v) is 5.54. The molecule has 0 spiro atoms. The molecule has 0 aliphatic carbocycles. The number of ether oxygens (including phenoxy) is 3. The number of fused-ring (bicyclic) bond motifs is 1. The maximum Gasteiger partial charge on any atom is 0.230 e. The van der Waals surface area contributed by atoms with E-state index in [0.717, 1.165) is 34.1 Å². The van der Waals surface area contributed by atoms with Gasteiger partial charge in [0.2, 0.25) is 5.91 Å². The van der Waals surface area contributed by atoms with Crippen molar-refractivity contribution in [1.29, 1.82) is 0 Å². The fourth-order valence-electron chi connectivity index (χ4n) is 3.04. The lowest BCUT2D eigenvalue weighted by atomic mass is 9.96. The Morgan fingerprint density at radius 1 is 1.11 bits per heavy atom. The Morgan fingerprint density at radius 3 is 2.50 bits per heavy atom. The van der Waals surface area contributed by atoms with E-state index in [4.69, 9.17) is 14.2 Å². The molecule has 0 bridgehead atoms. The highest BCUT2D eigenvalue weighted by Gasteiger charge is 2.19. The Kier molecular flexibility index (Phi) is 7.09. The van der Waals surface area contributed by atoms with Crippen molar-refractivity contribution >= 4 is 17.7 Å². The Bertz CT molecular complexity index is 792. The fraction of sp³-hybridized carbons (Fsp3) is 0.409. The predicted octanol–water partition coefficient (Wildman–Crippen LogP) is 4.46. The zero-order chi connectivity index (χ0) is 19.9. The average molecular weight is 402 g/mol. The van der Waals surface area contributed by atoms with Crippen LogP contribution in [0.15, 0.2) is 47.4 Å². The summed E-state index contributed by atoms with van der Waals surface area (Å²) in [6.45, 7) is 5.53. The van der Waals surface area contributed by atoms with Gasteiger partial charge in [-0.1, -0.05) is 26.0 Å². The van der Waals surface area contributed by atoms with E-state index in [9.17, 15) is 4.79 Å². The number of methoxy groups -OCH3 is 1. The smallest absolute Gasteiger partial charge is 0.230 e. The minimum atomic E-state index is -0.0391. The van der Waals surface area contributed by atoms with Crippen molar-refractivity contribution in [1.82, 2.24) is 5.32 Å². The summed E-state index contributed by atoms with van der Waals surface area (Å²) in [6.07, 6.45) is 0.877. The molecule has 1 amide bonds. The van der Waals surface area contributed by atoms with Gasteiger partial charge in [0.1, 0.15) is 5.75 Å². The van der Waals surface area contributed by atoms with Gasteiger partial charge in [-0.05, 0) is 41.8 Å². The first-order valence-corrected chi connectivity index (χ1v) is 10.5. The molecule has 1 unspecified atom stereocenters. The normalized spacial score (nSPS) is 14.3. The van der Waals surface area contributed by atoms with Crippen molar-refractivity contribution in [2.75, 3.05) is 26.1 Å². The number of hydrogen-bond donors (Lipinski definition) is 1. The first-order chi connectivity index (χ1) is 13.6. The van der Waals surface area contributed by atoms with E-state index in [2.05, 4.69) is 19.2 Å². The van der Waals surface area contributed by atoms with Crippen molar-refractivity contribution in [3.8, 4) is 17.2 Å². The molecule has 1 N–H and O–H groups in total. The zero-order valence-electron chi connectivity index (χ0n) is 16.6. The van der Waals surface area contributed by atoms with E-state index in [-0.39, 0.29) is 17.9 Å². The van der Waals surface area contributed by atoms with E-state index in [1.807, 2.05) is 42.5 Å². The molecule has 0 aromatic heterocycles. The third kappa shape index (κ3) is 5.35. The summed E-state index contributed by atoms with van der Waals surface area (Å²) >= 11 is 1.50. The average Bonchev–Trinajstić information content (AvgIpc) is 2.95. The van der Waals surface area contributed by atoms with E-state index in [1.54, 1.807) is 7.11 Å². The first-order valence-electron chi connectivity index (χ1n) is 9.52. The molecule has 5 nitrogen and oxygen atoms in total. The first kappa shape index (κ1) is 20.4. The van der Waals surface area contributed by atoms with Crippen LogP contribution in [0.25, 0.3) is 0 Å². The van der Waals surface area contributed by atoms with Gasteiger partial charge in [-0.15, -0.1) is 11.8 Å². The van der Waals surface area contributed by atoms with Gasteiger partial charge >= 0.3 is 0 Å². The minimum absolute atomic E-state index is 0.00614. The second-order valence-electron chi connectivity index (χ2n) is 7.01. The van der Waals surface area contributed by atoms with Gasteiger partial charge in [0.25, 0.3) is 0 Å². The molecule has 1 aliphatic heterocycles. The van der Waals surface area contributed by atoms with Gasteiger partial charge in [-0.3, -0.25) is 4.79 Å². The molecule has 6 heteroatoms. The van der Waals surface area contributed by atoms with Crippen LogP contribution in [0.2, 0.25) is 0 Å². The van der Waals surface area contributed by atoms with Crippen molar-refractivity contribution in [2.24, 2.45) is 5.92 Å². The summed E-state index contributed by atoms with van der Waals surface area (Å²) in [5, 5.41) is 3.16. The van der Waals surface area contributed by atoms with Crippen molar-refractivity contribution in [3.05, 3.63) is 48.0 Å². The molecule has 2 aromatic carbocycles. The van der Waals surface area contributed by atoms with Crippen molar-refractivity contribution in [2.45, 2.75) is 31.2 Å². The lowest BCUT2D eigenvalue weighted by Crippen LogP contribution is -2.32. The highest BCUT2D eigenvalue weighted by atomic mass is 32.2. The van der Waals surface area contributed by atoms with Crippen LogP contribution < -0.4 is 19.5 Å². The van der Waals surface area contributed by atoms with Crippen LogP contribution in [0, 0.1) is 5.92 Å². The van der Waals surface area contributed by atoms with Gasteiger partial charge in [0, 0.05) is 11.3 Å². The molecule has 2 aromatic rings. The summed E-state index contributed by atoms with van der Waals surface area (Å²) in [4.78, 5) is 13.5. The molecule has 3 rings (SSSR count). The van der Waals surface area contributed by atoms with Gasteiger partial charge in [-0.2, -0.15) is 0 Å². The van der Waals surface area contributed by atoms with Crippen LogP contribution in [0.5, 0.6) is 17.2 Å². The Labute approximate surface area is 170 Å². The Balaban J connectivity index is 1.59. The van der Waals surface area contributed by atoms with E-state index in [0.29, 0.717) is 19.0 Å². The maximum atomic E-state index is 12.6. The molecule has 0 saturated heterocycles. The molecular formula is C22H27NO4S. The highest BCUT2D eigenvalue weighted by molar-refractivity contribution is 8.00. The third-order valence-electron chi connectivity index (χ3n) is 4.55. The Morgan fingerprint density at radius 2 is 1.82 bits per heavy atom. The fourth-order valence-corrected chi connectivity index (χ4v) is 3.78. The summed E-state index contributed by atoms with van der Waals surface area (Å²) < 4.78 is 16.6. The number of thioether (sulfide) groups is 1. The van der Waals surface area contributed by atoms with E-state index in [1.165, 1.54) is 11.8 Å². The van der Waals surface area contributed by atoms with Crippen LogP contribution in [0.4, 0.5) is 0 Å². The quantitative estimate of drug-likeness (QED) is 0.694. The van der Waals surface area contributed by atoms with Crippen molar-refractivity contribution in [3.63, 3.8) is 0 Å². The van der Waals surface area contributed by atoms with Gasteiger partial charge in [0.05, 0.1) is 32.1 Å². The summed E-state index contributed by atoms with van der Waals surface area (Å²) in [5.41, 5.74) is 1.07. The predicted molar refractivity (Wildman–Crippen MR) is 111 cm³/mol. The molecule has 1 aliphatic rings. The maximum absolute atomic E-state index is 12.6. The molecule has 0 radical (unpaired) electrons. The largest absolute Gasteiger partial charge is 0.497 e. The molecular weight excluding hydrogens is 374 g/mol. The number of benzene rings is 2. The zero-order valence-corrected chi connectivity index (χ0v) is 17.4. The highest BCUT2D eigenvalue weighted by Crippen LogP contribution is 2.34. The molecule has 150 valence electrons.